The number of nitrogens with zero attached hydrogens (tertiary/aromatic N) is 2. The lowest BCUT2D eigenvalue weighted by molar-refractivity contribution is -0.104. The summed E-state index contributed by atoms with van der Waals surface area (Å²) in [4.78, 5) is 9.92. The summed E-state index contributed by atoms with van der Waals surface area (Å²) in [6.07, 6.45) is 0.596. The fourth-order valence-electron chi connectivity index (χ4n) is 0.396. The van der Waals surface area contributed by atoms with Gasteiger partial charge >= 0.3 is 0 Å². The monoisotopic (exact) mass is 130 g/mol. The molecule has 0 unspecified atom stereocenters. The van der Waals surface area contributed by atoms with Gasteiger partial charge in [-0.1, -0.05) is 11.6 Å². The van der Waals surface area contributed by atoms with E-state index in [1.54, 1.807) is 0 Å². The van der Waals surface area contributed by atoms with Gasteiger partial charge in [0.15, 0.2) is 6.29 Å². The fraction of sp³-hybridized carbons (Fsp3) is 0.250. The van der Waals surface area contributed by atoms with Crippen molar-refractivity contribution in [2.75, 3.05) is 6.54 Å². The van der Waals surface area contributed by atoms with Gasteiger partial charge in [0.1, 0.15) is 5.70 Å². The Balaban J connectivity index is 2.85. The summed E-state index contributed by atoms with van der Waals surface area (Å²) in [6, 6.07) is 0. The molecule has 0 aromatic rings. The van der Waals surface area contributed by atoms with Crippen molar-refractivity contribution in [1.29, 1.82) is 0 Å². The van der Waals surface area contributed by atoms with E-state index in [1.807, 2.05) is 0 Å². The molecule has 1 rings (SSSR count). The van der Waals surface area contributed by atoms with Crippen molar-refractivity contribution >= 4 is 17.9 Å². The zero-order valence-corrected chi connectivity index (χ0v) is 4.72. The molecule has 0 bridgehead atoms. The van der Waals surface area contributed by atoms with Crippen molar-refractivity contribution < 1.29 is 4.79 Å². The molecule has 0 radical (unpaired) electrons. The lowest BCUT2D eigenvalue weighted by Crippen LogP contribution is -1.78. The third-order valence-electron chi connectivity index (χ3n) is 0.778. The maximum atomic E-state index is 9.92. The Morgan fingerprint density at radius 1 is 1.75 bits per heavy atom. The highest BCUT2D eigenvalue weighted by atomic mass is 35.5. The smallest absolute Gasteiger partial charge is 0.171 e. The lowest BCUT2D eigenvalue weighted by atomic mass is 10.4. The molecule has 0 aromatic heterocycles. The molecule has 0 saturated heterocycles. The van der Waals surface area contributed by atoms with Gasteiger partial charge in [-0.15, -0.1) is 0 Å². The van der Waals surface area contributed by atoms with Gasteiger partial charge in [0, 0.05) is 0 Å². The number of halogens is 1. The summed E-state index contributed by atoms with van der Waals surface area (Å²) >= 11 is 5.44. The molecule has 1 heterocycles. The Kier molecular flexibility index (Phi) is 1.39. The van der Waals surface area contributed by atoms with Crippen LogP contribution < -0.4 is 0 Å². The van der Waals surface area contributed by atoms with Gasteiger partial charge in [-0.05, 0) is 0 Å². The first kappa shape index (κ1) is 5.44. The van der Waals surface area contributed by atoms with Crippen molar-refractivity contribution in [2.45, 2.75) is 0 Å². The van der Waals surface area contributed by atoms with E-state index >= 15 is 0 Å². The van der Waals surface area contributed by atoms with Crippen molar-refractivity contribution in [3.8, 4) is 0 Å². The second-order valence-corrected chi connectivity index (χ2v) is 1.76. The molecule has 0 atom stereocenters. The largest absolute Gasteiger partial charge is 0.296 e. The molecule has 1 aliphatic heterocycles. The maximum absolute atomic E-state index is 9.92. The van der Waals surface area contributed by atoms with Crippen LogP contribution in [0.5, 0.6) is 0 Å². The van der Waals surface area contributed by atoms with E-state index in [4.69, 9.17) is 11.6 Å². The number of hydrogen-bond donors (Lipinski definition) is 0. The minimum absolute atomic E-state index is 0.256. The fourth-order valence-corrected chi connectivity index (χ4v) is 0.532. The molecule has 1 aliphatic rings. The van der Waals surface area contributed by atoms with E-state index in [-0.39, 0.29) is 5.70 Å². The van der Waals surface area contributed by atoms with Crippen LogP contribution in [-0.2, 0) is 4.79 Å². The standard InChI is InChI=1S/C4H3ClN2O/c5-3-1-6-7-4(3)2-8/h2H,1H2. The average Bonchev–Trinajstić information content (AvgIpc) is 2.14. The Morgan fingerprint density at radius 3 is 2.75 bits per heavy atom. The van der Waals surface area contributed by atoms with E-state index in [9.17, 15) is 4.79 Å². The topological polar surface area (TPSA) is 41.8 Å². The van der Waals surface area contributed by atoms with Crippen LogP contribution in [0.15, 0.2) is 21.0 Å². The van der Waals surface area contributed by atoms with Gasteiger partial charge in [-0.3, -0.25) is 4.79 Å². The van der Waals surface area contributed by atoms with E-state index in [1.165, 1.54) is 0 Å². The highest BCUT2D eigenvalue weighted by Crippen LogP contribution is 2.15. The number of aldehydes is 1. The molecule has 8 heavy (non-hydrogen) atoms. The number of carbonyl (C=O) groups excluding carboxylic acids is 1. The summed E-state index contributed by atoms with van der Waals surface area (Å²) in [7, 11) is 0. The predicted molar refractivity (Wildman–Crippen MR) is 28.7 cm³/mol. The molecule has 3 nitrogen and oxygen atoms in total. The van der Waals surface area contributed by atoms with Crippen LogP contribution in [0.25, 0.3) is 0 Å². The lowest BCUT2D eigenvalue weighted by Gasteiger charge is -1.78. The zero-order chi connectivity index (χ0) is 5.98. The molecule has 0 aliphatic carbocycles. The average molecular weight is 131 g/mol. The molecule has 0 N–H and O–H groups in total. The van der Waals surface area contributed by atoms with Gasteiger partial charge in [0.2, 0.25) is 0 Å². The van der Waals surface area contributed by atoms with Crippen LogP contribution in [-0.4, -0.2) is 12.8 Å². The van der Waals surface area contributed by atoms with Gasteiger partial charge in [-0.25, -0.2) is 0 Å². The van der Waals surface area contributed by atoms with Gasteiger partial charge in [0.05, 0.1) is 11.6 Å². The Labute approximate surface area is 51.1 Å². The number of hydrogen-bond acceptors (Lipinski definition) is 3. The van der Waals surface area contributed by atoms with Crippen molar-refractivity contribution in [1.82, 2.24) is 0 Å². The molecule has 0 spiro atoms. The van der Waals surface area contributed by atoms with E-state index in [0.717, 1.165) is 0 Å². The summed E-state index contributed by atoms with van der Waals surface area (Å²) in [5.41, 5.74) is 0.256. The Morgan fingerprint density at radius 2 is 2.50 bits per heavy atom. The third-order valence-corrected chi connectivity index (χ3v) is 1.09. The number of carbonyl (C=O) groups is 1. The first-order valence-electron chi connectivity index (χ1n) is 2.06. The minimum atomic E-state index is 0.256. The summed E-state index contributed by atoms with van der Waals surface area (Å²) < 4.78 is 0. The van der Waals surface area contributed by atoms with Crippen molar-refractivity contribution in [2.24, 2.45) is 10.2 Å². The van der Waals surface area contributed by atoms with Crippen LogP contribution in [0.1, 0.15) is 0 Å². The molecule has 4 heteroatoms. The number of azo groups is 1. The summed E-state index contributed by atoms with van der Waals surface area (Å²) in [6.45, 7) is 0.357. The Hall–Kier alpha value is -0.700. The van der Waals surface area contributed by atoms with Gasteiger partial charge in [0.25, 0.3) is 0 Å². The quantitative estimate of drug-likeness (QED) is 0.490. The van der Waals surface area contributed by atoms with Crippen LogP contribution in [0.2, 0.25) is 0 Å². The van der Waals surface area contributed by atoms with Gasteiger partial charge < -0.3 is 0 Å². The van der Waals surface area contributed by atoms with Crippen molar-refractivity contribution in [3.63, 3.8) is 0 Å². The van der Waals surface area contributed by atoms with Crippen LogP contribution in [0.4, 0.5) is 0 Å². The highest BCUT2D eigenvalue weighted by molar-refractivity contribution is 6.31. The first-order valence-corrected chi connectivity index (χ1v) is 2.43. The SMILES string of the molecule is O=CC1=C(Cl)CN=N1. The molecular formula is C4H3ClN2O. The molecular weight excluding hydrogens is 128 g/mol. The maximum Gasteiger partial charge on any atom is 0.171 e. The molecule has 0 aromatic carbocycles. The third kappa shape index (κ3) is 0.767. The minimum Gasteiger partial charge on any atom is -0.296 e. The predicted octanol–water partition coefficient (Wildman–Crippen LogP) is 1.10. The van der Waals surface area contributed by atoms with Crippen LogP contribution in [0, 0.1) is 0 Å². The van der Waals surface area contributed by atoms with E-state index in [2.05, 4.69) is 10.2 Å². The zero-order valence-electron chi connectivity index (χ0n) is 3.97. The van der Waals surface area contributed by atoms with E-state index in [0.29, 0.717) is 17.9 Å². The Bertz CT molecular complexity index is 173. The molecule has 0 amide bonds. The molecule has 42 valence electrons. The summed E-state index contributed by atoms with van der Waals surface area (Å²) in [5.74, 6) is 0. The molecule has 0 saturated carbocycles. The first-order chi connectivity index (χ1) is 3.84. The van der Waals surface area contributed by atoms with E-state index < -0.39 is 0 Å². The van der Waals surface area contributed by atoms with Crippen LogP contribution >= 0.6 is 11.6 Å². The second kappa shape index (κ2) is 2.05. The van der Waals surface area contributed by atoms with Crippen molar-refractivity contribution in [3.05, 3.63) is 10.7 Å². The number of allylic oxidation sites excluding steroid dienone is 1. The normalized spacial score (nSPS) is 17.6. The van der Waals surface area contributed by atoms with Crippen LogP contribution in [0.3, 0.4) is 0 Å². The van der Waals surface area contributed by atoms with Gasteiger partial charge in [-0.2, -0.15) is 10.2 Å². The highest BCUT2D eigenvalue weighted by Gasteiger charge is 2.06. The second-order valence-electron chi connectivity index (χ2n) is 1.31. The molecule has 0 fully saturated rings. The number of rotatable bonds is 1. The summed E-state index contributed by atoms with van der Waals surface area (Å²) in [5, 5.41) is 7.37.